The van der Waals surface area contributed by atoms with E-state index >= 15 is 0 Å². The molecule has 1 amide bonds. The number of carbonyl (C=O) groups is 1. The maximum atomic E-state index is 11.8. The van der Waals surface area contributed by atoms with Gasteiger partial charge in [0.25, 0.3) is 0 Å². The van der Waals surface area contributed by atoms with Crippen molar-refractivity contribution >= 4 is 21.8 Å². The first-order chi connectivity index (χ1) is 8.90. The number of carbonyl (C=O) groups excluding carboxylic acids is 1. The van der Waals surface area contributed by atoms with E-state index in [0.717, 1.165) is 4.47 Å². The normalized spacial score (nSPS) is 14.2. The molecule has 0 aliphatic rings. The van der Waals surface area contributed by atoms with E-state index in [1.165, 1.54) is 5.56 Å². The van der Waals surface area contributed by atoms with Crippen molar-refractivity contribution < 1.29 is 4.79 Å². The fraction of sp³-hybridized carbons (Fsp3) is 0.533. The molecule has 1 aromatic carbocycles. The number of rotatable bonds is 6. The number of amides is 1. The minimum Gasteiger partial charge on any atom is -0.352 e. The summed E-state index contributed by atoms with van der Waals surface area (Å²) in [5.74, 6) is 0.495. The maximum absolute atomic E-state index is 11.8. The zero-order chi connectivity index (χ0) is 14.4. The molecule has 2 atom stereocenters. The average Bonchev–Trinajstić information content (AvgIpc) is 2.35. The molecule has 19 heavy (non-hydrogen) atoms. The Bertz CT molecular complexity index is 420. The van der Waals surface area contributed by atoms with Gasteiger partial charge in [-0.05, 0) is 37.5 Å². The van der Waals surface area contributed by atoms with Crippen molar-refractivity contribution in [3.8, 4) is 0 Å². The average molecular weight is 327 g/mol. The highest BCUT2D eigenvalue weighted by Gasteiger charge is 2.12. The molecule has 0 heterocycles. The lowest BCUT2D eigenvalue weighted by Crippen LogP contribution is -2.41. The van der Waals surface area contributed by atoms with Gasteiger partial charge in [-0.3, -0.25) is 4.79 Å². The molecule has 0 saturated heterocycles. The van der Waals surface area contributed by atoms with Crippen LogP contribution in [0.3, 0.4) is 0 Å². The summed E-state index contributed by atoms with van der Waals surface area (Å²) in [6.07, 6.45) is 0. The molecule has 0 saturated carbocycles. The molecule has 0 aliphatic heterocycles. The fourth-order valence-electron chi connectivity index (χ4n) is 1.61. The molecular weight excluding hydrogens is 304 g/mol. The molecule has 1 unspecified atom stereocenters. The molecule has 0 fully saturated rings. The van der Waals surface area contributed by atoms with E-state index in [0.29, 0.717) is 12.5 Å². The summed E-state index contributed by atoms with van der Waals surface area (Å²) in [4.78, 5) is 11.8. The van der Waals surface area contributed by atoms with Crippen LogP contribution in [0, 0.1) is 5.92 Å². The maximum Gasteiger partial charge on any atom is 0.234 e. The van der Waals surface area contributed by atoms with Crippen LogP contribution < -0.4 is 10.6 Å². The lowest BCUT2D eigenvalue weighted by molar-refractivity contribution is -0.121. The minimum atomic E-state index is 0.0445. The van der Waals surface area contributed by atoms with Crippen molar-refractivity contribution in [1.82, 2.24) is 10.6 Å². The van der Waals surface area contributed by atoms with Crippen LogP contribution in [0.15, 0.2) is 28.7 Å². The van der Waals surface area contributed by atoms with Crippen molar-refractivity contribution in [3.05, 3.63) is 34.3 Å². The first kappa shape index (κ1) is 16.2. The van der Waals surface area contributed by atoms with Gasteiger partial charge >= 0.3 is 0 Å². The van der Waals surface area contributed by atoms with Crippen LogP contribution in [0.4, 0.5) is 0 Å². The topological polar surface area (TPSA) is 41.1 Å². The Morgan fingerprint density at radius 2 is 1.95 bits per heavy atom. The summed E-state index contributed by atoms with van der Waals surface area (Å²) in [7, 11) is 0. The van der Waals surface area contributed by atoms with Crippen molar-refractivity contribution in [2.45, 2.75) is 39.8 Å². The summed E-state index contributed by atoms with van der Waals surface area (Å²) < 4.78 is 1.05. The van der Waals surface area contributed by atoms with Crippen molar-refractivity contribution in [1.29, 1.82) is 0 Å². The predicted octanol–water partition coefficient (Wildman–Crippen LogP) is 3.26. The van der Waals surface area contributed by atoms with Gasteiger partial charge in [0.1, 0.15) is 0 Å². The lowest BCUT2D eigenvalue weighted by Gasteiger charge is -2.19. The molecule has 3 nitrogen and oxygen atoms in total. The highest BCUT2D eigenvalue weighted by atomic mass is 79.9. The first-order valence-electron chi connectivity index (χ1n) is 6.68. The van der Waals surface area contributed by atoms with E-state index in [1.807, 2.05) is 19.1 Å². The molecule has 0 radical (unpaired) electrons. The van der Waals surface area contributed by atoms with Crippen LogP contribution in [0.1, 0.15) is 39.3 Å². The monoisotopic (exact) mass is 326 g/mol. The van der Waals surface area contributed by atoms with Crippen molar-refractivity contribution in [2.75, 3.05) is 6.54 Å². The van der Waals surface area contributed by atoms with Gasteiger partial charge in [0.2, 0.25) is 5.91 Å². The molecule has 1 rings (SSSR count). The molecule has 106 valence electrons. The van der Waals surface area contributed by atoms with E-state index in [1.54, 1.807) is 0 Å². The van der Waals surface area contributed by atoms with Crippen LogP contribution in [0.2, 0.25) is 0 Å². The fourth-order valence-corrected chi connectivity index (χ4v) is 2.03. The summed E-state index contributed by atoms with van der Waals surface area (Å²) in [5, 5.41) is 6.22. The Morgan fingerprint density at radius 1 is 1.26 bits per heavy atom. The van der Waals surface area contributed by atoms with Gasteiger partial charge in [-0.2, -0.15) is 0 Å². The van der Waals surface area contributed by atoms with E-state index in [-0.39, 0.29) is 18.0 Å². The second-order valence-electron chi connectivity index (χ2n) is 5.26. The smallest absolute Gasteiger partial charge is 0.234 e. The summed E-state index contributed by atoms with van der Waals surface area (Å²) in [6, 6.07) is 8.46. The first-order valence-corrected chi connectivity index (χ1v) is 7.47. The summed E-state index contributed by atoms with van der Waals surface area (Å²) in [6.45, 7) is 8.62. The van der Waals surface area contributed by atoms with Gasteiger partial charge < -0.3 is 10.6 Å². The Balaban J connectivity index is 2.42. The number of hydrogen-bond donors (Lipinski definition) is 2. The molecule has 1 aromatic rings. The van der Waals surface area contributed by atoms with Crippen LogP contribution >= 0.6 is 15.9 Å². The minimum absolute atomic E-state index is 0.0445. The third-order valence-corrected chi connectivity index (χ3v) is 3.80. The van der Waals surface area contributed by atoms with E-state index in [9.17, 15) is 4.79 Å². The molecular formula is C15H23BrN2O. The Labute approximate surface area is 124 Å². The van der Waals surface area contributed by atoms with Crippen molar-refractivity contribution in [2.24, 2.45) is 5.92 Å². The highest BCUT2D eigenvalue weighted by Crippen LogP contribution is 2.17. The summed E-state index contributed by atoms with van der Waals surface area (Å²) >= 11 is 3.45. The molecule has 2 N–H and O–H groups in total. The second kappa shape index (κ2) is 7.65. The van der Waals surface area contributed by atoms with Crippen LogP contribution in [0.25, 0.3) is 0 Å². The van der Waals surface area contributed by atoms with Gasteiger partial charge in [-0.1, -0.05) is 41.9 Å². The Hall–Kier alpha value is -0.870. The van der Waals surface area contributed by atoms with E-state index in [4.69, 9.17) is 0 Å². The highest BCUT2D eigenvalue weighted by molar-refractivity contribution is 9.10. The van der Waals surface area contributed by atoms with Gasteiger partial charge in [-0.25, -0.2) is 0 Å². The predicted molar refractivity (Wildman–Crippen MR) is 83.0 cm³/mol. The lowest BCUT2D eigenvalue weighted by atomic mass is 10.1. The van der Waals surface area contributed by atoms with E-state index in [2.05, 4.69) is 59.5 Å². The number of hydrogen-bond acceptors (Lipinski definition) is 2. The zero-order valence-electron chi connectivity index (χ0n) is 12.0. The number of nitrogens with one attached hydrogen (secondary N) is 2. The molecule has 4 heteroatoms. The van der Waals surface area contributed by atoms with Gasteiger partial charge in [0.05, 0.1) is 6.54 Å². The molecule has 0 aliphatic carbocycles. The van der Waals surface area contributed by atoms with Crippen molar-refractivity contribution in [3.63, 3.8) is 0 Å². The van der Waals surface area contributed by atoms with Gasteiger partial charge in [0.15, 0.2) is 0 Å². The Morgan fingerprint density at radius 3 is 2.53 bits per heavy atom. The van der Waals surface area contributed by atoms with Crippen LogP contribution in [0.5, 0.6) is 0 Å². The molecule has 0 spiro atoms. The second-order valence-corrected chi connectivity index (χ2v) is 6.17. The largest absolute Gasteiger partial charge is 0.352 e. The molecule has 0 aromatic heterocycles. The van der Waals surface area contributed by atoms with E-state index < -0.39 is 0 Å². The third kappa shape index (κ3) is 5.74. The number of halogens is 1. The Kier molecular flexibility index (Phi) is 6.52. The molecule has 0 bridgehead atoms. The van der Waals surface area contributed by atoms with Crippen LogP contribution in [-0.2, 0) is 4.79 Å². The zero-order valence-corrected chi connectivity index (χ0v) is 13.6. The standard InChI is InChI=1S/C15H23BrN2O/c1-10(2)11(3)18-15(19)9-17-12(4)13-6-5-7-14(16)8-13/h5-8,10-12,17H,9H2,1-4H3,(H,18,19)/t11?,12-/m1/s1. The SMILES string of the molecule is CC(C)C(C)NC(=O)CN[C@H](C)c1cccc(Br)c1. The van der Waals surface area contributed by atoms with Gasteiger partial charge in [0, 0.05) is 16.6 Å². The quantitative estimate of drug-likeness (QED) is 0.842. The number of benzene rings is 1. The van der Waals surface area contributed by atoms with Crippen LogP contribution in [-0.4, -0.2) is 18.5 Å². The summed E-state index contributed by atoms with van der Waals surface area (Å²) in [5.41, 5.74) is 1.17. The van der Waals surface area contributed by atoms with Gasteiger partial charge in [-0.15, -0.1) is 0 Å². The third-order valence-electron chi connectivity index (χ3n) is 3.31.